The molecule has 4 aromatic heterocycles. The highest BCUT2D eigenvalue weighted by molar-refractivity contribution is 7.98. The summed E-state index contributed by atoms with van der Waals surface area (Å²) < 4.78 is 11.8. The van der Waals surface area contributed by atoms with E-state index >= 15 is 0 Å². The smallest absolute Gasteiger partial charge is 0.276 e. The number of ether oxygens (including phenoxy) is 1. The second-order valence-corrected chi connectivity index (χ2v) is 17.8. The van der Waals surface area contributed by atoms with E-state index in [0.717, 1.165) is 40.7 Å². The van der Waals surface area contributed by atoms with Gasteiger partial charge in [0.25, 0.3) is 5.91 Å². The normalized spacial score (nSPS) is 13.4. The zero-order valence-electron chi connectivity index (χ0n) is 37.5. The Hall–Kier alpha value is -6.38. The Morgan fingerprint density at radius 1 is 0.877 bits per heavy atom. The minimum atomic E-state index is -0.659. The third-order valence-corrected chi connectivity index (χ3v) is 13.1. The first-order valence-corrected chi connectivity index (χ1v) is 23.6. The number of hydrogen-bond acceptors (Lipinski definition) is 13. The Morgan fingerprint density at radius 2 is 1.55 bits per heavy atom. The number of nitrogens with one attached hydrogen (secondary N) is 1. The Bertz CT molecular complexity index is 2830. The monoisotopic (exact) mass is 922 g/mol. The van der Waals surface area contributed by atoms with Gasteiger partial charge in [-0.05, 0) is 70.2 Å². The van der Waals surface area contributed by atoms with Gasteiger partial charge < -0.3 is 30.2 Å². The summed E-state index contributed by atoms with van der Waals surface area (Å²) in [6.45, 7) is 14.1. The average Bonchev–Trinajstić information content (AvgIpc) is 4.05. The molecule has 0 atom stereocenters. The van der Waals surface area contributed by atoms with Crippen molar-refractivity contribution in [2.24, 2.45) is 11.5 Å². The maximum atomic E-state index is 13.9. The number of nitrogens with two attached hydrogens (primary N) is 2. The van der Waals surface area contributed by atoms with Gasteiger partial charge in [-0.1, -0.05) is 19.1 Å². The van der Waals surface area contributed by atoms with Crippen LogP contribution in [0.4, 0.5) is 5.95 Å². The summed E-state index contributed by atoms with van der Waals surface area (Å²) in [5, 5.41) is 8.24. The van der Waals surface area contributed by atoms with Gasteiger partial charge >= 0.3 is 0 Å². The number of thioether (sulfide) groups is 1. The molecule has 65 heavy (non-hydrogen) atoms. The van der Waals surface area contributed by atoms with E-state index in [2.05, 4.69) is 20.3 Å². The molecule has 0 spiro atoms. The number of benzene rings is 2. The number of nitrogens with zero attached hydrogens (tertiary/aromatic N) is 9. The summed E-state index contributed by atoms with van der Waals surface area (Å²) in [4.78, 5) is 84.3. The van der Waals surface area contributed by atoms with Gasteiger partial charge in [0.05, 0.1) is 50.9 Å². The van der Waals surface area contributed by atoms with Crippen molar-refractivity contribution in [3.63, 3.8) is 0 Å². The minimum absolute atomic E-state index is 0.00451. The van der Waals surface area contributed by atoms with Gasteiger partial charge in [-0.2, -0.15) is 5.10 Å². The molecule has 2 aromatic carbocycles. The quantitative estimate of drug-likeness (QED) is 0.0421. The molecule has 0 bridgehead atoms. The molecule has 1 aliphatic heterocycles. The zero-order chi connectivity index (χ0) is 46.5. The van der Waals surface area contributed by atoms with Crippen LogP contribution in [0.1, 0.15) is 90.3 Å². The average molecular weight is 923 g/mol. The van der Waals surface area contributed by atoms with Gasteiger partial charge in [-0.25, -0.2) is 15.0 Å². The SMILES string of the molecule is CCc1nc(C)sc1C(=O)Cc1nc2cc(C(N)=O)cc(SC)c2n1C/C=C/Cn1c(NC(=O)c2cc(C)nn2CC)nc2cc(C(N)=O)cc(OCCCN3CCN(C(C)=O)CC3)c21. The highest BCUT2D eigenvalue weighted by Gasteiger charge is 2.25. The summed E-state index contributed by atoms with van der Waals surface area (Å²) in [6, 6.07) is 8.26. The van der Waals surface area contributed by atoms with E-state index in [-0.39, 0.29) is 36.2 Å². The van der Waals surface area contributed by atoms with Gasteiger partial charge in [-0.3, -0.25) is 38.9 Å². The van der Waals surface area contributed by atoms with Crippen molar-refractivity contribution >= 4 is 80.5 Å². The number of fused-ring (bicyclic) bond motifs is 2. The number of allylic oxidation sites excluding steroid dienone is 2. The van der Waals surface area contributed by atoms with E-state index in [1.165, 1.54) is 23.1 Å². The Labute approximate surface area is 384 Å². The number of thiazole rings is 1. The van der Waals surface area contributed by atoms with Crippen LogP contribution < -0.4 is 21.5 Å². The molecule has 0 radical (unpaired) electrons. The van der Waals surface area contributed by atoms with E-state index in [0.29, 0.717) is 95.6 Å². The summed E-state index contributed by atoms with van der Waals surface area (Å²) in [5.41, 5.74) is 16.0. The van der Waals surface area contributed by atoms with Crippen molar-refractivity contribution in [3.05, 3.63) is 86.4 Å². The number of primary amides is 2. The van der Waals surface area contributed by atoms with Crippen LogP contribution in [0.2, 0.25) is 0 Å². The van der Waals surface area contributed by atoms with Crippen LogP contribution in [0.3, 0.4) is 0 Å². The standard InChI is InChI=1S/C45H54N12O6S2/c1-7-31-41(65-27(4)48-31)35(59)25-38-49-33-22-30(43(47)61)24-37(64-6)40(33)55(38)13-9-10-14-56-39-32(50-45(56)51-44(62)34-20-26(3)52-57(34)8-2)21-29(42(46)60)23-36(39)63-19-11-12-53-15-17-54(18-16-53)28(5)58/h9-10,20-24H,7-8,11-19,25H2,1-6H3,(H2,46,60)(H2,47,61)(H,50,51,62)/b10-9+. The predicted molar refractivity (Wildman–Crippen MR) is 251 cm³/mol. The van der Waals surface area contributed by atoms with E-state index in [1.54, 1.807) is 41.9 Å². The lowest BCUT2D eigenvalue weighted by Gasteiger charge is -2.34. The topological polar surface area (TPSA) is 231 Å². The summed E-state index contributed by atoms with van der Waals surface area (Å²) in [7, 11) is 0. The largest absolute Gasteiger partial charge is 0.491 e. The molecular formula is C45H54N12O6S2. The van der Waals surface area contributed by atoms with Crippen molar-refractivity contribution in [1.82, 2.24) is 43.7 Å². The molecular weight excluding hydrogens is 869 g/mol. The fourth-order valence-corrected chi connectivity index (χ4v) is 9.66. The van der Waals surface area contributed by atoms with Gasteiger partial charge in [0.2, 0.25) is 23.7 Å². The predicted octanol–water partition coefficient (Wildman–Crippen LogP) is 5.02. The van der Waals surface area contributed by atoms with Crippen LogP contribution in [0.15, 0.2) is 47.4 Å². The molecule has 4 amide bonds. The van der Waals surface area contributed by atoms with E-state index < -0.39 is 17.7 Å². The summed E-state index contributed by atoms with van der Waals surface area (Å²) >= 11 is 2.81. The molecule has 1 fully saturated rings. The molecule has 7 rings (SSSR count). The maximum absolute atomic E-state index is 13.9. The lowest BCUT2D eigenvalue weighted by atomic mass is 10.1. The Balaban J connectivity index is 1.23. The number of carbonyl (C=O) groups is 5. The second-order valence-electron chi connectivity index (χ2n) is 15.7. The number of aryl methyl sites for hydroxylation is 4. The molecule has 18 nitrogen and oxygen atoms in total. The van der Waals surface area contributed by atoms with Crippen molar-refractivity contribution < 1.29 is 28.7 Å². The number of amides is 4. The molecule has 5 heterocycles. The van der Waals surface area contributed by atoms with Crippen molar-refractivity contribution in [3.8, 4) is 5.75 Å². The Kier molecular flexibility index (Phi) is 14.5. The number of anilines is 1. The minimum Gasteiger partial charge on any atom is -0.491 e. The molecule has 5 N–H and O–H groups in total. The number of piperazine rings is 1. The van der Waals surface area contributed by atoms with E-state index in [1.807, 2.05) is 60.1 Å². The number of aromatic nitrogens is 7. The fourth-order valence-electron chi connectivity index (χ4n) is 8.07. The van der Waals surface area contributed by atoms with Crippen LogP contribution in [-0.2, 0) is 37.3 Å². The first kappa shape index (κ1) is 46.6. The van der Waals surface area contributed by atoms with Crippen LogP contribution in [0.5, 0.6) is 5.75 Å². The number of carbonyl (C=O) groups excluding carboxylic acids is 5. The molecule has 6 aromatic rings. The van der Waals surface area contributed by atoms with Gasteiger partial charge in [0, 0.05) is 75.3 Å². The lowest BCUT2D eigenvalue weighted by molar-refractivity contribution is -0.130. The number of imidazole rings is 2. The van der Waals surface area contributed by atoms with Crippen molar-refractivity contribution in [2.45, 2.75) is 78.4 Å². The number of Topliss-reactive ketones (excluding diaryl/α,β-unsaturated/α-hetero) is 1. The Morgan fingerprint density at radius 3 is 2.20 bits per heavy atom. The van der Waals surface area contributed by atoms with Gasteiger partial charge in [0.15, 0.2) is 5.78 Å². The summed E-state index contributed by atoms with van der Waals surface area (Å²) in [6.07, 6.45) is 7.05. The second kappa shape index (κ2) is 20.2. The van der Waals surface area contributed by atoms with Crippen LogP contribution in [-0.4, -0.2) is 119 Å². The third-order valence-electron chi connectivity index (χ3n) is 11.3. The third kappa shape index (κ3) is 10.3. The number of rotatable bonds is 19. The van der Waals surface area contributed by atoms with Crippen LogP contribution >= 0.6 is 23.1 Å². The fraction of sp³-hybridized carbons (Fsp3) is 0.400. The molecule has 0 saturated carbocycles. The molecule has 1 aliphatic rings. The molecule has 0 aliphatic carbocycles. The highest BCUT2D eigenvalue weighted by Crippen LogP contribution is 2.33. The maximum Gasteiger partial charge on any atom is 0.276 e. The first-order chi connectivity index (χ1) is 31.2. The molecule has 342 valence electrons. The zero-order valence-corrected chi connectivity index (χ0v) is 39.1. The summed E-state index contributed by atoms with van der Waals surface area (Å²) in [5.74, 6) is -0.595. The van der Waals surface area contributed by atoms with Gasteiger partial charge in [-0.15, -0.1) is 23.1 Å². The van der Waals surface area contributed by atoms with Crippen LogP contribution in [0, 0.1) is 13.8 Å². The molecule has 1 saturated heterocycles. The van der Waals surface area contributed by atoms with Gasteiger partial charge in [0.1, 0.15) is 22.8 Å². The highest BCUT2D eigenvalue weighted by atomic mass is 32.2. The molecule has 20 heteroatoms. The number of ketones is 1. The van der Waals surface area contributed by atoms with E-state index in [4.69, 9.17) is 26.2 Å². The number of hydrogen-bond donors (Lipinski definition) is 3. The first-order valence-electron chi connectivity index (χ1n) is 21.5. The van der Waals surface area contributed by atoms with Crippen molar-refractivity contribution in [2.75, 3.05) is 50.9 Å². The van der Waals surface area contributed by atoms with Crippen LogP contribution in [0.25, 0.3) is 22.1 Å². The molecule has 0 unspecified atom stereocenters. The van der Waals surface area contributed by atoms with Crippen molar-refractivity contribution in [1.29, 1.82) is 0 Å². The lowest BCUT2D eigenvalue weighted by Crippen LogP contribution is -2.48. The van der Waals surface area contributed by atoms with E-state index in [9.17, 15) is 24.0 Å².